The van der Waals surface area contributed by atoms with Gasteiger partial charge in [0.25, 0.3) is 5.91 Å². The number of rotatable bonds is 3. The van der Waals surface area contributed by atoms with Gasteiger partial charge < -0.3 is 5.32 Å². The molecular weight excluding hydrogens is 260 g/mol. The Morgan fingerprint density at radius 3 is 2.89 bits per heavy atom. The van der Waals surface area contributed by atoms with Crippen LogP contribution in [0.4, 0.5) is 0 Å². The van der Waals surface area contributed by atoms with E-state index in [1.807, 2.05) is 6.92 Å². The molecule has 0 bridgehead atoms. The Kier molecular flexibility index (Phi) is 4.81. The van der Waals surface area contributed by atoms with E-state index < -0.39 is 0 Å². The first-order valence-corrected chi connectivity index (χ1v) is 7.42. The summed E-state index contributed by atoms with van der Waals surface area (Å²) in [6.45, 7) is 4.05. The normalized spacial score (nSPS) is 23.1. The van der Waals surface area contributed by atoms with Crippen LogP contribution in [0, 0.1) is 12.8 Å². The zero-order chi connectivity index (χ0) is 13.8. The molecule has 1 aliphatic rings. The molecule has 2 unspecified atom stereocenters. The van der Waals surface area contributed by atoms with Crippen molar-refractivity contribution < 1.29 is 4.79 Å². The van der Waals surface area contributed by atoms with Gasteiger partial charge in [-0.05, 0) is 31.7 Å². The third-order valence-corrected chi connectivity index (χ3v) is 4.30. The van der Waals surface area contributed by atoms with Gasteiger partial charge in [0, 0.05) is 17.9 Å². The molecule has 3 nitrogen and oxygen atoms in total. The lowest BCUT2D eigenvalue weighted by Crippen LogP contribution is -2.42. The second-order valence-corrected chi connectivity index (χ2v) is 5.75. The van der Waals surface area contributed by atoms with Crippen LogP contribution in [0.25, 0.3) is 0 Å². The number of carbonyl (C=O) groups excluding carboxylic acids is 1. The van der Waals surface area contributed by atoms with E-state index in [1.165, 1.54) is 19.3 Å². The van der Waals surface area contributed by atoms with Crippen LogP contribution < -0.4 is 5.32 Å². The zero-order valence-electron chi connectivity index (χ0n) is 11.6. The summed E-state index contributed by atoms with van der Waals surface area (Å²) in [5.74, 6) is 0.498. The van der Waals surface area contributed by atoms with Crippen LogP contribution in [0.3, 0.4) is 0 Å². The van der Waals surface area contributed by atoms with E-state index in [9.17, 15) is 4.79 Å². The molecule has 1 amide bonds. The van der Waals surface area contributed by atoms with E-state index >= 15 is 0 Å². The molecule has 1 aromatic heterocycles. The van der Waals surface area contributed by atoms with Gasteiger partial charge in [0.1, 0.15) is 0 Å². The standard InChI is InChI=1S/C15H21ClN2O/c1-3-11-6-4-5-7-14(11)18-15(19)12-9-17-10(2)8-13(12)16/h8-9,11,14H,3-7H2,1-2H3,(H,18,19). The summed E-state index contributed by atoms with van der Waals surface area (Å²) in [6.07, 6.45) is 7.43. The predicted molar refractivity (Wildman–Crippen MR) is 77.5 cm³/mol. The highest BCUT2D eigenvalue weighted by Gasteiger charge is 2.26. The highest BCUT2D eigenvalue weighted by molar-refractivity contribution is 6.33. The highest BCUT2D eigenvalue weighted by atomic mass is 35.5. The lowest BCUT2D eigenvalue weighted by Gasteiger charge is -2.31. The predicted octanol–water partition coefficient (Wildman–Crippen LogP) is 3.74. The van der Waals surface area contributed by atoms with E-state index in [2.05, 4.69) is 17.2 Å². The number of pyridine rings is 1. The summed E-state index contributed by atoms with van der Waals surface area (Å²) in [4.78, 5) is 16.4. The van der Waals surface area contributed by atoms with Crippen molar-refractivity contribution in [2.45, 2.75) is 52.0 Å². The first-order chi connectivity index (χ1) is 9.11. The topological polar surface area (TPSA) is 42.0 Å². The molecule has 1 saturated carbocycles. The Balaban J connectivity index is 2.07. The van der Waals surface area contributed by atoms with E-state index in [0.29, 0.717) is 16.5 Å². The molecule has 1 fully saturated rings. The minimum absolute atomic E-state index is 0.0946. The average molecular weight is 281 g/mol. The van der Waals surface area contributed by atoms with E-state index in [-0.39, 0.29) is 11.9 Å². The van der Waals surface area contributed by atoms with Crippen molar-refractivity contribution >= 4 is 17.5 Å². The first kappa shape index (κ1) is 14.3. The van der Waals surface area contributed by atoms with Crippen LogP contribution in [0.1, 0.15) is 55.1 Å². The number of hydrogen-bond donors (Lipinski definition) is 1. The lowest BCUT2D eigenvalue weighted by atomic mass is 9.83. The van der Waals surface area contributed by atoms with Gasteiger partial charge in [-0.1, -0.05) is 37.8 Å². The second-order valence-electron chi connectivity index (χ2n) is 5.34. The van der Waals surface area contributed by atoms with Gasteiger partial charge in [-0.25, -0.2) is 0 Å². The summed E-state index contributed by atoms with van der Waals surface area (Å²) in [5.41, 5.74) is 1.30. The van der Waals surface area contributed by atoms with Crippen molar-refractivity contribution in [3.63, 3.8) is 0 Å². The minimum atomic E-state index is -0.0946. The quantitative estimate of drug-likeness (QED) is 0.916. The Labute approximate surface area is 119 Å². The number of hydrogen-bond acceptors (Lipinski definition) is 2. The summed E-state index contributed by atoms with van der Waals surface area (Å²) in [5, 5.41) is 3.61. The fourth-order valence-electron chi connectivity index (χ4n) is 2.83. The van der Waals surface area contributed by atoms with Gasteiger partial charge in [-0.2, -0.15) is 0 Å². The van der Waals surface area contributed by atoms with Crippen LogP contribution in [-0.2, 0) is 0 Å². The average Bonchev–Trinajstić information content (AvgIpc) is 2.39. The summed E-state index contributed by atoms with van der Waals surface area (Å²) < 4.78 is 0. The largest absolute Gasteiger partial charge is 0.349 e. The zero-order valence-corrected chi connectivity index (χ0v) is 12.3. The number of aryl methyl sites for hydroxylation is 1. The molecule has 2 rings (SSSR count). The molecular formula is C15H21ClN2O. The third-order valence-electron chi connectivity index (χ3n) is 3.98. The number of nitrogens with one attached hydrogen (secondary N) is 1. The fraction of sp³-hybridized carbons (Fsp3) is 0.600. The number of nitrogens with zero attached hydrogens (tertiary/aromatic N) is 1. The third kappa shape index (κ3) is 3.47. The summed E-state index contributed by atoms with van der Waals surface area (Å²) in [7, 11) is 0. The van der Waals surface area contributed by atoms with Gasteiger partial charge in [0.15, 0.2) is 0 Å². The van der Waals surface area contributed by atoms with Gasteiger partial charge >= 0.3 is 0 Å². The molecule has 1 aromatic rings. The number of halogens is 1. The fourth-order valence-corrected chi connectivity index (χ4v) is 3.12. The Morgan fingerprint density at radius 1 is 1.47 bits per heavy atom. The number of aromatic nitrogens is 1. The lowest BCUT2D eigenvalue weighted by molar-refractivity contribution is 0.0904. The van der Waals surface area contributed by atoms with Crippen molar-refractivity contribution in [2.24, 2.45) is 5.92 Å². The van der Waals surface area contributed by atoms with Crippen LogP contribution in [0.2, 0.25) is 5.02 Å². The van der Waals surface area contributed by atoms with Gasteiger partial charge in [-0.15, -0.1) is 0 Å². The van der Waals surface area contributed by atoms with Gasteiger partial charge in [0.05, 0.1) is 10.6 Å². The van der Waals surface area contributed by atoms with Crippen LogP contribution >= 0.6 is 11.6 Å². The molecule has 0 spiro atoms. The molecule has 2 atom stereocenters. The van der Waals surface area contributed by atoms with Crippen molar-refractivity contribution in [2.75, 3.05) is 0 Å². The number of amides is 1. The molecule has 4 heteroatoms. The molecule has 0 aromatic carbocycles. The van der Waals surface area contributed by atoms with Gasteiger partial charge in [-0.3, -0.25) is 9.78 Å². The van der Waals surface area contributed by atoms with E-state index in [0.717, 1.165) is 18.5 Å². The van der Waals surface area contributed by atoms with E-state index in [1.54, 1.807) is 12.3 Å². The van der Waals surface area contributed by atoms with Crippen LogP contribution in [-0.4, -0.2) is 16.9 Å². The maximum absolute atomic E-state index is 12.3. The SMILES string of the molecule is CCC1CCCCC1NC(=O)c1cnc(C)cc1Cl. The Bertz CT molecular complexity index is 461. The van der Waals surface area contributed by atoms with Crippen molar-refractivity contribution in [3.8, 4) is 0 Å². The highest BCUT2D eigenvalue weighted by Crippen LogP contribution is 2.27. The van der Waals surface area contributed by atoms with Crippen molar-refractivity contribution in [1.29, 1.82) is 0 Å². The molecule has 0 saturated heterocycles. The maximum atomic E-state index is 12.3. The molecule has 1 heterocycles. The minimum Gasteiger partial charge on any atom is -0.349 e. The molecule has 1 N–H and O–H groups in total. The number of carbonyl (C=O) groups is 1. The van der Waals surface area contributed by atoms with Crippen molar-refractivity contribution in [1.82, 2.24) is 10.3 Å². The van der Waals surface area contributed by atoms with Gasteiger partial charge in [0.2, 0.25) is 0 Å². The van der Waals surface area contributed by atoms with Crippen LogP contribution in [0.5, 0.6) is 0 Å². The second kappa shape index (κ2) is 6.38. The summed E-state index contributed by atoms with van der Waals surface area (Å²) >= 11 is 6.11. The summed E-state index contributed by atoms with van der Waals surface area (Å²) in [6, 6.07) is 2.01. The van der Waals surface area contributed by atoms with Crippen LogP contribution in [0.15, 0.2) is 12.3 Å². The Hall–Kier alpha value is -1.09. The smallest absolute Gasteiger partial charge is 0.254 e. The Morgan fingerprint density at radius 2 is 2.21 bits per heavy atom. The monoisotopic (exact) mass is 280 g/mol. The molecule has 1 aliphatic carbocycles. The molecule has 0 radical (unpaired) electrons. The maximum Gasteiger partial charge on any atom is 0.254 e. The van der Waals surface area contributed by atoms with Crippen molar-refractivity contribution in [3.05, 3.63) is 28.5 Å². The van der Waals surface area contributed by atoms with E-state index in [4.69, 9.17) is 11.6 Å². The molecule has 0 aliphatic heterocycles. The first-order valence-electron chi connectivity index (χ1n) is 7.04. The molecule has 104 valence electrons. The molecule has 19 heavy (non-hydrogen) atoms.